The summed E-state index contributed by atoms with van der Waals surface area (Å²) in [7, 11) is -3.42. The molecule has 0 amide bonds. The summed E-state index contributed by atoms with van der Waals surface area (Å²) in [5.74, 6) is 0. The Balaban J connectivity index is 1.64. The third kappa shape index (κ3) is 4.09. The molecule has 0 heterocycles. The Morgan fingerprint density at radius 1 is 1.04 bits per heavy atom. The molecule has 1 N–H and O–H groups in total. The van der Waals surface area contributed by atoms with Crippen molar-refractivity contribution in [1.82, 2.24) is 4.72 Å². The van der Waals surface area contributed by atoms with Gasteiger partial charge in [0.2, 0.25) is 10.0 Å². The highest BCUT2D eigenvalue weighted by molar-refractivity contribution is 7.92. The molecule has 2 aromatic rings. The third-order valence-corrected chi connectivity index (χ3v) is 5.41. The lowest BCUT2D eigenvalue weighted by Gasteiger charge is -2.15. The maximum atomic E-state index is 12.2. The Hall–Kier alpha value is -1.91. The topological polar surface area (TPSA) is 46.2 Å². The molecule has 120 valence electrons. The highest BCUT2D eigenvalue weighted by Crippen LogP contribution is 2.47. The van der Waals surface area contributed by atoms with E-state index in [-0.39, 0.29) is 5.41 Å². The fraction of sp³-hybridized carbons (Fsp3) is 0.263. The number of hydrogen-bond donors (Lipinski definition) is 1. The molecule has 0 saturated heterocycles. The lowest BCUT2D eigenvalue weighted by atomic mass is 9.96. The number of hydrogen-bond acceptors (Lipinski definition) is 2. The van der Waals surface area contributed by atoms with E-state index in [9.17, 15) is 8.42 Å². The van der Waals surface area contributed by atoms with Gasteiger partial charge < -0.3 is 0 Å². The van der Waals surface area contributed by atoms with Crippen LogP contribution in [0.2, 0.25) is 0 Å². The highest BCUT2D eigenvalue weighted by atomic mass is 32.2. The second kappa shape index (κ2) is 6.30. The van der Waals surface area contributed by atoms with E-state index >= 15 is 0 Å². The van der Waals surface area contributed by atoms with Crippen LogP contribution in [-0.2, 0) is 15.4 Å². The minimum atomic E-state index is -3.42. The summed E-state index contributed by atoms with van der Waals surface area (Å²) in [5, 5.41) is 1.25. The van der Waals surface area contributed by atoms with Crippen LogP contribution in [0.1, 0.15) is 29.5 Å². The average Bonchev–Trinajstić information content (AvgIpc) is 3.35. The van der Waals surface area contributed by atoms with Gasteiger partial charge in [0.05, 0.1) is 0 Å². The number of benzene rings is 2. The lowest BCUT2D eigenvalue weighted by molar-refractivity contribution is 0.576. The van der Waals surface area contributed by atoms with Crippen molar-refractivity contribution in [3.63, 3.8) is 0 Å². The van der Waals surface area contributed by atoms with E-state index in [2.05, 4.69) is 16.9 Å². The van der Waals surface area contributed by atoms with E-state index in [1.165, 1.54) is 11.0 Å². The number of aryl methyl sites for hydroxylation is 1. The van der Waals surface area contributed by atoms with Crippen LogP contribution in [-0.4, -0.2) is 15.0 Å². The zero-order chi connectivity index (χ0) is 16.3. The molecule has 23 heavy (non-hydrogen) atoms. The maximum Gasteiger partial charge on any atom is 0.233 e. The second-order valence-corrected chi connectivity index (χ2v) is 7.88. The van der Waals surface area contributed by atoms with Gasteiger partial charge in [-0.25, -0.2) is 13.1 Å². The molecule has 0 bridgehead atoms. The summed E-state index contributed by atoms with van der Waals surface area (Å²) in [6.45, 7) is 2.46. The molecule has 3 nitrogen and oxygen atoms in total. The molecule has 1 aliphatic carbocycles. The summed E-state index contributed by atoms with van der Waals surface area (Å²) in [6.07, 6.45) is 3.69. The first-order chi connectivity index (χ1) is 11.0. The third-order valence-electron chi connectivity index (χ3n) is 4.37. The van der Waals surface area contributed by atoms with Gasteiger partial charge in [0.25, 0.3) is 0 Å². The van der Waals surface area contributed by atoms with Gasteiger partial charge in [-0.1, -0.05) is 60.2 Å². The minimum Gasteiger partial charge on any atom is -0.211 e. The lowest BCUT2D eigenvalue weighted by Crippen LogP contribution is -2.30. The number of sulfonamides is 1. The molecular weight excluding hydrogens is 306 g/mol. The standard InChI is InChI=1S/C19H21NO2S/c1-16-7-9-17(10-8-16)11-14-23(21,22)20-15-19(12-13-19)18-5-3-2-4-6-18/h2-11,14,20H,12-13,15H2,1H3. The predicted molar refractivity (Wildman–Crippen MR) is 94.5 cm³/mol. The minimum absolute atomic E-state index is 0.0218. The van der Waals surface area contributed by atoms with E-state index in [1.807, 2.05) is 49.4 Å². The molecule has 3 rings (SSSR count). The summed E-state index contributed by atoms with van der Waals surface area (Å²) in [6, 6.07) is 17.9. The number of nitrogens with one attached hydrogen (secondary N) is 1. The van der Waals surface area contributed by atoms with Crippen LogP contribution in [0.3, 0.4) is 0 Å². The molecule has 1 fully saturated rings. The number of rotatable bonds is 6. The van der Waals surface area contributed by atoms with Crippen LogP contribution in [0.5, 0.6) is 0 Å². The molecule has 4 heteroatoms. The van der Waals surface area contributed by atoms with Crippen LogP contribution in [0.25, 0.3) is 6.08 Å². The van der Waals surface area contributed by atoms with Crippen LogP contribution < -0.4 is 4.72 Å². The van der Waals surface area contributed by atoms with Gasteiger partial charge in [-0.15, -0.1) is 0 Å². The Kier molecular flexibility index (Phi) is 4.37. The van der Waals surface area contributed by atoms with E-state index in [0.29, 0.717) is 6.54 Å². The van der Waals surface area contributed by atoms with Crippen molar-refractivity contribution >= 4 is 16.1 Å². The smallest absolute Gasteiger partial charge is 0.211 e. The fourth-order valence-electron chi connectivity index (χ4n) is 2.64. The van der Waals surface area contributed by atoms with Crippen molar-refractivity contribution in [2.24, 2.45) is 0 Å². The Labute approximate surface area is 138 Å². The summed E-state index contributed by atoms with van der Waals surface area (Å²) >= 11 is 0. The Bertz CT molecular complexity index is 789. The van der Waals surface area contributed by atoms with Gasteiger partial charge in [0, 0.05) is 17.4 Å². The largest absolute Gasteiger partial charge is 0.233 e. The molecule has 1 aliphatic rings. The summed E-state index contributed by atoms with van der Waals surface area (Å²) in [5.41, 5.74) is 3.23. The Morgan fingerprint density at radius 2 is 1.70 bits per heavy atom. The monoisotopic (exact) mass is 327 g/mol. The Morgan fingerprint density at radius 3 is 2.30 bits per heavy atom. The first kappa shape index (κ1) is 16.0. The predicted octanol–water partition coefficient (Wildman–Crippen LogP) is 3.62. The molecule has 0 atom stereocenters. The van der Waals surface area contributed by atoms with Crippen molar-refractivity contribution in [3.8, 4) is 0 Å². The summed E-state index contributed by atoms with van der Waals surface area (Å²) < 4.78 is 27.1. The van der Waals surface area contributed by atoms with Crippen LogP contribution in [0.15, 0.2) is 60.0 Å². The van der Waals surface area contributed by atoms with E-state index < -0.39 is 10.0 Å². The van der Waals surface area contributed by atoms with E-state index in [1.54, 1.807) is 6.08 Å². The van der Waals surface area contributed by atoms with Gasteiger partial charge in [-0.3, -0.25) is 0 Å². The second-order valence-electron chi connectivity index (χ2n) is 6.23. The molecule has 2 aromatic carbocycles. The summed E-state index contributed by atoms with van der Waals surface area (Å²) in [4.78, 5) is 0. The zero-order valence-corrected chi connectivity index (χ0v) is 14.0. The quantitative estimate of drug-likeness (QED) is 0.881. The first-order valence-electron chi connectivity index (χ1n) is 7.79. The van der Waals surface area contributed by atoms with Gasteiger partial charge in [0.15, 0.2) is 0 Å². The molecule has 1 saturated carbocycles. The van der Waals surface area contributed by atoms with Crippen molar-refractivity contribution in [2.75, 3.05) is 6.54 Å². The van der Waals surface area contributed by atoms with Crippen molar-refractivity contribution < 1.29 is 8.42 Å². The molecule has 0 aliphatic heterocycles. The van der Waals surface area contributed by atoms with Gasteiger partial charge in [-0.05, 0) is 37.0 Å². The van der Waals surface area contributed by atoms with Crippen molar-refractivity contribution in [2.45, 2.75) is 25.2 Å². The molecule has 0 unspecified atom stereocenters. The van der Waals surface area contributed by atoms with E-state index in [0.717, 1.165) is 24.0 Å². The molecular formula is C19H21NO2S. The van der Waals surface area contributed by atoms with Gasteiger partial charge in [-0.2, -0.15) is 0 Å². The zero-order valence-electron chi connectivity index (χ0n) is 13.2. The molecule has 0 spiro atoms. The fourth-order valence-corrected chi connectivity index (χ4v) is 3.55. The average molecular weight is 327 g/mol. The van der Waals surface area contributed by atoms with Crippen molar-refractivity contribution in [1.29, 1.82) is 0 Å². The molecule has 0 aromatic heterocycles. The van der Waals surface area contributed by atoms with Gasteiger partial charge >= 0.3 is 0 Å². The maximum absolute atomic E-state index is 12.2. The first-order valence-corrected chi connectivity index (χ1v) is 9.34. The van der Waals surface area contributed by atoms with Crippen LogP contribution in [0, 0.1) is 6.92 Å². The highest BCUT2D eigenvalue weighted by Gasteiger charge is 2.44. The van der Waals surface area contributed by atoms with E-state index in [4.69, 9.17) is 0 Å². The van der Waals surface area contributed by atoms with Crippen LogP contribution in [0.4, 0.5) is 0 Å². The normalized spacial score (nSPS) is 16.6. The SMILES string of the molecule is Cc1ccc(C=CS(=O)(=O)NCC2(c3ccccc3)CC2)cc1. The van der Waals surface area contributed by atoms with Gasteiger partial charge in [0.1, 0.15) is 0 Å². The van der Waals surface area contributed by atoms with Crippen molar-refractivity contribution in [3.05, 3.63) is 76.7 Å². The molecule has 0 radical (unpaired) electrons. The van der Waals surface area contributed by atoms with Crippen LogP contribution >= 0.6 is 0 Å².